The summed E-state index contributed by atoms with van der Waals surface area (Å²) in [5.41, 5.74) is 2.85. The highest BCUT2D eigenvalue weighted by molar-refractivity contribution is 7.98. The first kappa shape index (κ1) is 18.2. The predicted octanol–water partition coefficient (Wildman–Crippen LogP) is 4.40. The number of benzene rings is 2. The van der Waals surface area contributed by atoms with Crippen molar-refractivity contribution >= 4 is 29.2 Å². The van der Waals surface area contributed by atoms with Gasteiger partial charge in [-0.15, -0.1) is 11.8 Å². The van der Waals surface area contributed by atoms with Gasteiger partial charge in [0.2, 0.25) is 5.95 Å². The quantitative estimate of drug-likeness (QED) is 0.405. The van der Waals surface area contributed by atoms with E-state index in [1.807, 2.05) is 48.5 Å². The lowest BCUT2D eigenvalue weighted by Crippen LogP contribution is -2.08. The maximum atomic E-state index is 8.98. The Hall–Kier alpha value is -2.57. The van der Waals surface area contributed by atoms with Crippen LogP contribution in [0.4, 0.5) is 17.5 Å². The van der Waals surface area contributed by atoms with E-state index in [4.69, 9.17) is 5.11 Å². The molecule has 0 bridgehead atoms. The first-order valence-electron chi connectivity index (χ1n) is 8.49. The third kappa shape index (κ3) is 4.97. The molecule has 0 fully saturated rings. The molecule has 0 spiro atoms. The molecular weight excluding hydrogens is 344 g/mol. The Bertz CT molecular complexity index is 842. The molecule has 0 saturated heterocycles. The fraction of sp³-hybridized carbons (Fsp3) is 0.200. The van der Waals surface area contributed by atoms with Crippen molar-refractivity contribution in [1.82, 2.24) is 9.97 Å². The Balaban J connectivity index is 1.90. The van der Waals surface area contributed by atoms with Crippen molar-refractivity contribution in [1.29, 1.82) is 0 Å². The molecule has 0 aliphatic rings. The van der Waals surface area contributed by atoms with Gasteiger partial charge in [-0.25, -0.2) is 4.98 Å². The summed E-state index contributed by atoms with van der Waals surface area (Å²) >= 11 is 1.70. The van der Waals surface area contributed by atoms with Gasteiger partial charge in [0.05, 0.1) is 5.69 Å². The molecule has 0 aliphatic carbocycles. The molecule has 3 N–H and O–H groups in total. The van der Waals surface area contributed by atoms with Crippen LogP contribution in [-0.4, -0.2) is 34.5 Å². The monoisotopic (exact) mass is 366 g/mol. The summed E-state index contributed by atoms with van der Waals surface area (Å²) in [5, 5.41) is 15.5. The number of nitrogens with one attached hydrogen (secondary N) is 2. The van der Waals surface area contributed by atoms with Gasteiger partial charge in [-0.05, 0) is 30.9 Å². The molecule has 134 valence electrons. The second-order valence-electron chi connectivity index (χ2n) is 5.69. The Morgan fingerprint density at radius 3 is 2.62 bits per heavy atom. The lowest BCUT2D eigenvalue weighted by Gasteiger charge is -2.12. The van der Waals surface area contributed by atoms with Crippen LogP contribution in [0.15, 0.2) is 65.6 Å². The van der Waals surface area contributed by atoms with Gasteiger partial charge in [0, 0.05) is 35.4 Å². The van der Waals surface area contributed by atoms with Crippen molar-refractivity contribution in [2.75, 3.05) is 30.0 Å². The maximum absolute atomic E-state index is 8.98. The van der Waals surface area contributed by atoms with E-state index in [2.05, 4.69) is 39.0 Å². The van der Waals surface area contributed by atoms with Gasteiger partial charge in [0.15, 0.2) is 0 Å². The molecule has 0 saturated carbocycles. The highest BCUT2D eigenvalue weighted by Gasteiger charge is 2.07. The molecule has 5 nitrogen and oxygen atoms in total. The number of hydrogen-bond acceptors (Lipinski definition) is 6. The van der Waals surface area contributed by atoms with E-state index in [9.17, 15) is 0 Å². The van der Waals surface area contributed by atoms with Crippen LogP contribution < -0.4 is 10.6 Å². The van der Waals surface area contributed by atoms with Crippen molar-refractivity contribution in [3.05, 3.63) is 60.7 Å². The fourth-order valence-corrected chi connectivity index (χ4v) is 2.93. The second kappa shape index (κ2) is 9.22. The summed E-state index contributed by atoms with van der Waals surface area (Å²) in [4.78, 5) is 10.4. The van der Waals surface area contributed by atoms with E-state index in [1.165, 1.54) is 4.90 Å². The summed E-state index contributed by atoms with van der Waals surface area (Å²) in [6.45, 7) is 0.758. The Kier molecular flexibility index (Phi) is 6.46. The van der Waals surface area contributed by atoms with E-state index in [1.54, 1.807) is 11.8 Å². The van der Waals surface area contributed by atoms with Crippen LogP contribution in [-0.2, 0) is 0 Å². The molecule has 0 radical (unpaired) electrons. The highest BCUT2D eigenvalue weighted by atomic mass is 32.2. The normalized spacial score (nSPS) is 10.5. The number of aromatic nitrogens is 2. The van der Waals surface area contributed by atoms with Crippen LogP contribution in [0.3, 0.4) is 0 Å². The van der Waals surface area contributed by atoms with Crippen molar-refractivity contribution in [3.63, 3.8) is 0 Å². The van der Waals surface area contributed by atoms with Gasteiger partial charge in [-0.2, -0.15) is 4.98 Å². The third-order valence-corrected chi connectivity index (χ3v) is 4.48. The molecule has 0 aliphatic heterocycles. The van der Waals surface area contributed by atoms with Gasteiger partial charge >= 0.3 is 0 Å². The zero-order valence-corrected chi connectivity index (χ0v) is 15.5. The molecule has 3 rings (SSSR count). The molecule has 1 heterocycles. The van der Waals surface area contributed by atoms with E-state index < -0.39 is 0 Å². The largest absolute Gasteiger partial charge is 0.396 e. The Labute approximate surface area is 157 Å². The zero-order chi connectivity index (χ0) is 18.2. The molecule has 3 aromatic rings. The molecule has 6 heteroatoms. The SMILES string of the molecule is CSc1cccc(Nc2cc(-c3ccccc3)nc(NCCCO)n2)c1. The second-order valence-corrected chi connectivity index (χ2v) is 6.57. The predicted molar refractivity (Wildman–Crippen MR) is 109 cm³/mol. The van der Waals surface area contributed by atoms with Crippen LogP contribution in [0, 0.1) is 0 Å². The molecule has 0 amide bonds. The number of rotatable bonds is 8. The average Bonchev–Trinajstić information content (AvgIpc) is 2.69. The number of aliphatic hydroxyl groups excluding tert-OH is 1. The van der Waals surface area contributed by atoms with E-state index >= 15 is 0 Å². The summed E-state index contributed by atoms with van der Waals surface area (Å²) in [5.74, 6) is 1.27. The van der Waals surface area contributed by atoms with Crippen molar-refractivity contribution in [2.24, 2.45) is 0 Å². The topological polar surface area (TPSA) is 70.1 Å². The van der Waals surface area contributed by atoms with Crippen LogP contribution >= 0.6 is 11.8 Å². The number of anilines is 3. The zero-order valence-electron chi connectivity index (χ0n) is 14.6. The number of hydrogen-bond donors (Lipinski definition) is 3. The van der Waals surface area contributed by atoms with E-state index in [0.29, 0.717) is 18.9 Å². The number of thioether (sulfide) groups is 1. The maximum Gasteiger partial charge on any atom is 0.225 e. The molecule has 2 aromatic carbocycles. The minimum atomic E-state index is 0.137. The first-order chi connectivity index (χ1) is 12.8. The van der Waals surface area contributed by atoms with Crippen molar-refractivity contribution in [2.45, 2.75) is 11.3 Å². The minimum absolute atomic E-state index is 0.137. The summed E-state index contributed by atoms with van der Waals surface area (Å²) < 4.78 is 0. The third-order valence-electron chi connectivity index (χ3n) is 3.76. The standard InChI is InChI=1S/C20H22N4OS/c1-26-17-10-5-9-16(13-17)22-19-14-18(15-7-3-2-4-8-15)23-20(24-19)21-11-6-12-25/h2-5,7-10,13-14,25H,6,11-12H2,1H3,(H2,21,22,23,24). The summed E-state index contributed by atoms with van der Waals surface area (Å²) in [6, 6.07) is 20.2. The fourth-order valence-electron chi connectivity index (χ4n) is 2.48. The van der Waals surface area contributed by atoms with Gasteiger partial charge in [0.1, 0.15) is 5.82 Å². The van der Waals surface area contributed by atoms with Crippen LogP contribution in [0.2, 0.25) is 0 Å². The molecule has 26 heavy (non-hydrogen) atoms. The molecule has 0 atom stereocenters. The van der Waals surface area contributed by atoms with Gasteiger partial charge in [0.25, 0.3) is 0 Å². The van der Waals surface area contributed by atoms with Crippen molar-refractivity contribution in [3.8, 4) is 11.3 Å². The van der Waals surface area contributed by atoms with Gasteiger partial charge in [-0.3, -0.25) is 0 Å². The Morgan fingerprint density at radius 2 is 1.85 bits per heavy atom. The summed E-state index contributed by atoms with van der Waals surface area (Å²) in [6.07, 6.45) is 2.71. The van der Waals surface area contributed by atoms with Crippen LogP contribution in [0.5, 0.6) is 0 Å². The van der Waals surface area contributed by atoms with Crippen LogP contribution in [0.1, 0.15) is 6.42 Å². The molecule has 0 unspecified atom stereocenters. The van der Waals surface area contributed by atoms with Crippen LogP contribution in [0.25, 0.3) is 11.3 Å². The lowest BCUT2D eigenvalue weighted by molar-refractivity contribution is 0.292. The highest BCUT2D eigenvalue weighted by Crippen LogP contribution is 2.25. The first-order valence-corrected chi connectivity index (χ1v) is 9.71. The number of aliphatic hydroxyl groups is 1. The minimum Gasteiger partial charge on any atom is -0.396 e. The lowest BCUT2D eigenvalue weighted by atomic mass is 10.1. The van der Waals surface area contributed by atoms with Gasteiger partial charge in [-0.1, -0.05) is 36.4 Å². The average molecular weight is 366 g/mol. The van der Waals surface area contributed by atoms with E-state index in [-0.39, 0.29) is 6.61 Å². The number of nitrogens with zero attached hydrogens (tertiary/aromatic N) is 2. The Morgan fingerprint density at radius 1 is 1.00 bits per heavy atom. The smallest absolute Gasteiger partial charge is 0.225 e. The molecule has 1 aromatic heterocycles. The van der Waals surface area contributed by atoms with E-state index in [0.717, 1.165) is 22.8 Å². The molecular formula is C20H22N4OS. The van der Waals surface area contributed by atoms with Gasteiger partial charge < -0.3 is 15.7 Å². The summed E-state index contributed by atoms with van der Waals surface area (Å²) in [7, 11) is 0. The van der Waals surface area contributed by atoms with Crippen molar-refractivity contribution < 1.29 is 5.11 Å².